The third-order valence-corrected chi connectivity index (χ3v) is 4.38. The maximum Gasteiger partial charge on any atom is 0.121 e. The van der Waals surface area contributed by atoms with Crippen LogP contribution in [0, 0.1) is 3.57 Å². The Morgan fingerprint density at radius 1 is 1.19 bits per heavy atom. The quantitative estimate of drug-likeness (QED) is 0.699. The van der Waals surface area contributed by atoms with Crippen molar-refractivity contribution in [1.82, 2.24) is 5.32 Å². The minimum Gasteiger partial charge on any atom is -0.489 e. The monoisotopic (exact) mass is 415 g/mol. The summed E-state index contributed by atoms with van der Waals surface area (Å²) in [6.45, 7) is 2.08. The summed E-state index contributed by atoms with van der Waals surface area (Å²) >= 11 is 8.31. The van der Waals surface area contributed by atoms with Gasteiger partial charge >= 0.3 is 0 Å². The van der Waals surface area contributed by atoms with Crippen LogP contribution in [-0.4, -0.2) is 19.2 Å². The van der Waals surface area contributed by atoms with Gasteiger partial charge in [-0.15, -0.1) is 0 Å². The average molecular weight is 416 g/mol. The highest BCUT2D eigenvalue weighted by atomic mass is 127. The highest BCUT2D eigenvalue weighted by Crippen LogP contribution is 2.20. The van der Waals surface area contributed by atoms with Crippen molar-refractivity contribution >= 4 is 34.2 Å². The van der Waals surface area contributed by atoms with Crippen LogP contribution in [0.2, 0.25) is 5.02 Å². The van der Waals surface area contributed by atoms with E-state index in [1.54, 1.807) is 0 Å². The Labute approximate surface area is 145 Å². The van der Waals surface area contributed by atoms with E-state index < -0.39 is 0 Å². The fraction of sp³-hybridized carbons (Fsp3) is 0.294. The molecular weight excluding hydrogens is 397 g/mol. The van der Waals surface area contributed by atoms with Gasteiger partial charge in [-0.3, -0.25) is 0 Å². The average Bonchev–Trinajstić information content (AvgIpc) is 2.46. The largest absolute Gasteiger partial charge is 0.489 e. The molecule has 0 saturated carbocycles. The molecule has 1 N–H and O–H groups in total. The van der Waals surface area contributed by atoms with Crippen molar-refractivity contribution in [2.75, 3.05) is 7.05 Å². The second kappa shape index (κ2) is 8.01. The molecule has 2 aromatic rings. The van der Waals surface area contributed by atoms with E-state index in [0.29, 0.717) is 5.02 Å². The zero-order chi connectivity index (χ0) is 15.2. The van der Waals surface area contributed by atoms with Crippen LogP contribution in [0.5, 0.6) is 5.75 Å². The SMILES string of the molecule is CNC(Cc1ccc(I)cc1)C(C)Oc1cccc(Cl)c1. The minimum absolute atomic E-state index is 0.0488. The predicted octanol–water partition coefficient (Wildman–Crippen LogP) is 4.54. The van der Waals surface area contributed by atoms with Crippen LogP contribution in [0.25, 0.3) is 0 Å². The standard InChI is InChI=1S/C17H19ClINO/c1-12(21-16-5-3-4-14(18)11-16)17(20-2)10-13-6-8-15(19)9-7-13/h3-9,11-12,17,20H,10H2,1-2H3. The smallest absolute Gasteiger partial charge is 0.121 e. The summed E-state index contributed by atoms with van der Waals surface area (Å²) in [6.07, 6.45) is 0.975. The Bertz CT molecular complexity index is 573. The molecule has 0 radical (unpaired) electrons. The van der Waals surface area contributed by atoms with Crippen LogP contribution in [0.3, 0.4) is 0 Å². The Kier molecular flexibility index (Phi) is 6.33. The molecule has 2 unspecified atom stereocenters. The van der Waals surface area contributed by atoms with Crippen LogP contribution in [-0.2, 0) is 6.42 Å². The molecule has 112 valence electrons. The fourth-order valence-electron chi connectivity index (χ4n) is 2.21. The van der Waals surface area contributed by atoms with Crippen LogP contribution in [0.1, 0.15) is 12.5 Å². The lowest BCUT2D eigenvalue weighted by molar-refractivity contribution is 0.174. The lowest BCUT2D eigenvalue weighted by Crippen LogP contribution is -2.41. The second-order valence-electron chi connectivity index (χ2n) is 5.01. The lowest BCUT2D eigenvalue weighted by atomic mass is 10.0. The first-order valence-electron chi connectivity index (χ1n) is 6.92. The summed E-state index contributed by atoms with van der Waals surface area (Å²) < 4.78 is 7.25. The zero-order valence-electron chi connectivity index (χ0n) is 12.1. The predicted molar refractivity (Wildman–Crippen MR) is 97.3 cm³/mol. The molecule has 0 aliphatic heterocycles. The molecule has 0 fully saturated rings. The Balaban J connectivity index is 2.01. The molecule has 2 nitrogen and oxygen atoms in total. The van der Waals surface area contributed by atoms with E-state index in [0.717, 1.165) is 12.2 Å². The van der Waals surface area contributed by atoms with E-state index in [9.17, 15) is 0 Å². The van der Waals surface area contributed by atoms with Crippen molar-refractivity contribution in [2.24, 2.45) is 0 Å². The van der Waals surface area contributed by atoms with Crippen molar-refractivity contribution < 1.29 is 4.74 Å². The van der Waals surface area contributed by atoms with Crippen LogP contribution >= 0.6 is 34.2 Å². The Hall–Kier alpha value is -0.780. The molecular formula is C17H19ClINO. The molecule has 0 amide bonds. The molecule has 0 bridgehead atoms. The van der Waals surface area contributed by atoms with E-state index in [-0.39, 0.29) is 12.1 Å². The lowest BCUT2D eigenvalue weighted by Gasteiger charge is -2.25. The summed E-state index contributed by atoms with van der Waals surface area (Å²) in [7, 11) is 1.97. The molecule has 0 aliphatic carbocycles. The third kappa shape index (κ3) is 5.16. The normalized spacial score (nSPS) is 13.7. The number of benzene rings is 2. The van der Waals surface area contributed by atoms with Gasteiger partial charge < -0.3 is 10.1 Å². The van der Waals surface area contributed by atoms with E-state index in [4.69, 9.17) is 16.3 Å². The van der Waals surface area contributed by atoms with E-state index in [1.807, 2.05) is 31.3 Å². The van der Waals surface area contributed by atoms with Crippen molar-refractivity contribution in [3.63, 3.8) is 0 Å². The van der Waals surface area contributed by atoms with Crippen molar-refractivity contribution in [1.29, 1.82) is 0 Å². The topological polar surface area (TPSA) is 21.3 Å². The summed E-state index contributed by atoms with van der Waals surface area (Å²) in [6, 6.07) is 16.4. The molecule has 0 aliphatic rings. The van der Waals surface area contributed by atoms with Gasteiger partial charge in [0.25, 0.3) is 0 Å². The van der Waals surface area contributed by atoms with Gasteiger partial charge in [-0.25, -0.2) is 0 Å². The van der Waals surface area contributed by atoms with Crippen molar-refractivity contribution in [2.45, 2.75) is 25.5 Å². The van der Waals surface area contributed by atoms with Gasteiger partial charge in [-0.1, -0.05) is 29.8 Å². The molecule has 0 saturated heterocycles. The molecule has 4 heteroatoms. The van der Waals surface area contributed by atoms with E-state index in [2.05, 4.69) is 59.1 Å². The number of ether oxygens (including phenoxy) is 1. The van der Waals surface area contributed by atoms with E-state index >= 15 is 0 Å². The van der Waals surface area contributed by atoms with Crippen molar-refractivity contribution in [3.8, 4) is 5.75 Å². The highest BCUT2D eigenvalue weighted by molar-refractivity contribution is 14.1. The number of hydrogen-bond acceptors (Lipinski definition) is 2. The summed E-state index contributed by atoms with van der Waals surface area (Å²) in [5, 5.41) is 4.03. The van der Waals surface area contributed by atoms with E-state index in [1.165, 1.54) is 9.13 Å². The molecule has 2 atom stereocenters. The van der Waals surface area contributed by atoms with Gasteiger partial charge in [0.2, 0.25) is 0 Å². The number of hydrogen-bond donors (Lipinski definition) is 1. The van der Waals surface area contributed by atoms with Crippen molar-refractivity contribution in [3.05, 3.63) is 62.7 Å². The first-order valence-corrected chi connectivity index (χ1v) is 8.38. The Morgan fingerprint density at radius 3 is 2.52 bits per heavy atom. The molecule has 21 heavy (non-hydrogen) atoms. The number of halogens is 2. The summed E-state index contributed by atoms with van der Waals surface area (Å²) in [5.41, 5.74) is 1.30. The van der Waals surface area contributed by atoms with Gasteiger partial charge in [0, 0.05) is 14.6 Å². The van der Waals surface area contributed by atoms with Crippen LogP contribution < -0.4 is 10.1 Å². The van der Waals surface area contributed by atoms with Crippen LogP contribution in [0.4, 0.5) is 0 Å². The number of likely N-dealkylation sites (N-methyl/N-ethyl adjacent to an activating group) is 1. The van der Waals surface area contributed by atoms with Crippen LogP contribution in [0.15, 0.2) is 48.5 Å². The third-order valence-electron chi connectivity index (χ3n) is 3.42. The second-order valence-corrected chi connectivity index (χ2v) is 6.69. The highest BCUT2D eigenvalue weighted by Gasteiger charge is 2.17. The summed E-state index contributed by atoms with van der Waals surface area (Å²) in [5.74, 6) is 0.804. The first kappa shape index (κ1) is 16.6. The fourth-order valence-corrected chi connectivity index (χ4v) is 2.75. The molecule has 0 heterocycles. The molecule has 2 aromatic carbocycles. The first-order chi connectivity index (χ1) is 10.1. The van der Waals surface area contributed by atoms with Gasteiger partial charge in [0.1, 0.15) is 11.9 Å². The molecule has 0 aromatic heterocycles. The summed E-state index contributed by atoms with van der Waals surface area (Å²) in [4.78, 5) is 0. The van der Waals surface area contributed by atoms with Gasteiger partial charge in [-0.05, 0) is 78.9 Å². The maximum absolute atomic E-state index is 6.00. The number of nitrogens with one attached hydrogen (secondary N) is 1. The number of rotatable bonds is 6. The molecule has 2 rings (SSSR count). The van der Waals surface area contributed by atoms with Gasteiger partial charge in [-0.2, -0.15) is 0 Å². The maximum atomic E-state index is 6.00. The molecule has 0 spiro atoms. The minimum atomic E-state index is 0.0488. The Morgan fingerprint density at radius 2 is 1.90 bits per heavy atom. The van der Waals surface area contributed by atoms with Gasteiger partial charge in [0.15, 0.2) is 0 Å². The zero-order valence-corrected chi connectivity index (χ0v) is 15.1. The van der Waals surface area contributed by atoms with Gasteiger partial charge in [0.05, 0.1) is 0 Å².